The average Bonchev–Trinajstić information content (AvgIpc) is 2.45. The first-order valence-electron chi connectivity index (χ1n) is 7.22. The van der Waals surface area contributed by atoms with E-state index >= 15 is 0 Å². The Kier molecular flexibility index (Phi) is 4.97. The van der Waals surface area contributed by atoms with Gasteiger partial charge in [0, 0.05) is 12.5 Å². The van der Waals surface area contributed by atoms with Crippen molar-refractivity contribution >= 4 is 5.91 Å². The zero-order chi connectivity index (χ0) is 13.7. The second-order valence-corrected chi connectivity index (χ2v) is 5.66. The minimum absolute atomic E-state index is 0.188. The molecule has 1 amide bonds. The van der Waals surface area contributed by atoms with Crippen LogP contribution < -0.4 is 11.1 Å². The molecule has 1 aromatic rings. The van der Waals surface area contributed by atoms with Crippen LogP contribution in [0.4, 0.5) is 0 Å². The highest BCUT2D eigenvalue weighted by Crippen LogP contribution is 2.28. The number of rotatable bonds is 4. The molecule has 1 fully saturated rings. The van der Waals surface area contributed by atoms with Crippen LogP contribution in [-0.2, 0) is 11.3 Å². The van der Waals surface area contributed by atoms with Crippen LogP contribution in [0.5, 0.6) is 0 Å². The maximum atomic E-state index is 12.1. The molecule has 2 rings (SSSR count). The Morgan fingerprint density at radius 3 is 2.68 bits per heavy atom. The molecule has 0 unspecified atom stereocenters. The first kappa shape index (κ1) is 14.1. The maximum absolute atomic E-state index is 12.1. The molecule has 1 aliphatic rings. The quantitative estimate of drug-likeness (QED) is 0.873. The van der Waals surface area contributed by atoms with E-state index in [1.807, 2.05) is 6.07 Å². The summed E-state index contributed by atoms with van der Waals surface area (Å²) in [5, 5.41) is 3.06. The Morgan fingerprint density at radius 2 is 2.05 bits per heavy atom. The summed E-state index contributed by atoms with van der Waals surface area (Å²) in [6.07, 6.45) is 4.17. The topological polar surface area (TPSA) is 55.1 Å². The number of benzene rings is 1. The molecule has 0 spiro atoms. The van der Waals surface area contributed by atoms with Crippen molar-refractivity contribution in [3.8, 4) is 0 Å². The number of carbonyl (C=O) groups is 1. The van der Waals surface area contributed by atoms with Gasteiger partial charge in [0.2, 0.25) is 5.91 Å². The highest BCUT2D eigenvalue weighted by molar-refractivity contribution is 5.78. The van der Waals surface area contributed by atoms with Crippen molar-refractivity contribution in [3.05, 3.63) is 35.4 Å². The van der Waals surface area contributed by atoms with E-state index in [1.165, 1.54) is 11.1 Å². The molecule has 3 N–H and O–H groups in total. The molecule has 19 heavy (non-hydrogen) atoms. The van der Waals surface area contributed by atoms with Crippen molar-refractivity contribution in [1.29, 1.82) is 0 Å². The smallest absolute Gasteiger partial charge is 0.223 e. The second-order valence-electron chi connectivity index (χ2n) is 5.66. The van der Waals surface area contributed by atoms with Gasteiger partial charge in [0.05, 0.1) is 0 Å². The molecule has 104 valence electrons. The molecule has 1 aliphatic carbocycles. The molecule has 0 bridgehead atoms. The lowest BCUT2D eigenvalue weighted by atomic mass is 9.81. The van der Waals surface area contributed by atoms with Crippen LogP contribution >= 0.6 is 0 Å². The SMILES string of the molecule is Cc1cccc(CNC(=O)C2CCC(CN)CC2)c1. The minimum atomic E-state index is 0.188. The molecular weight excluding hydrogens is 236 g/mol. The predicted octanol–water partition coefficient (Wildman–Crippen LogP) is 2.38. The van der Waals surface area contributed by atoms with Gasteiger partial charge in [-0.15, -0.1) is 0 Å². The molecule has 1 saturated carbocycles. The molecule has 0 radical (unpaired) electrons. The molecule has 3 nitrogen and oxygen atoms in total. The van der Waals surface area contributed by atoms with Gasteiger partial charge in [-0.3, -0.25) is 4.79 Å². The van der Waals surface area contributed by atoms with E-state index in [2.05, 4.69) is 30.4 Å². The fourth-order valence-electron chi connectivity index (χ4n) is 2.82. The van der Waals surface area contributed by atoms with Gasteiger partial charge in [-0.25, -0.2) is 0 Å². The molecule has 0 atom stereocenters. The predicted molar refractivity (Wildman–Crippen MR) is 77.5 cm³/mol. The Morgan fingerprint density at radius 1 is 1.32 bits per heavy atom. The largest absolute Gasteiger partial charge is 0.352 e. The number of amides is 1. The lowest BCUT2D eigenvalue weighted by Crippen LogP contribution is -2.33. The molecule has 1 aromatic carbocycles. The van der Waals surface area contributed by atoms with E-state index < -0.39 is 0 Å². The van der Waals surface area contributed by atoms with Gasteiger partial charge in [0.1, 0.15) is 0 Å². The van der Waals surface area contributed by atoms with Crippen molar-refractivity contribution in [1.82, 2.24) is 5.32 Å². The number of hydrogen-bond donors (Lipinski definition) is 2. The lowest BCUT2D eigenvalue weighted by molar-refractivity contribution is -0.126. The Hall–Kier alpha value is -1.35. The number of nitrogens with one attached hydrogen (secondary N) is 1. The van der Waals surface area contributed by atoms with Crippen molar-refractivity contribution in [3.63, 3.8) is 0 Å². The van der Waals surface area contributed by atoms with E-state index in [0.717, 1.165) is 32.2 Å². The summed E-state index contributed by atoms with van der Waals surface area (Å²) >= 11 is 0. The van der Waals surface area contributed by atoms with E-state index in [9.17, 15) is 4.79 Å². The van der Waals surface area contributed by atoms with E-state index in [4.69, 9.17) is 5.73 Å². The zero-order valence-corrected chi connectivity index (χ0v) is 11.7. The molecule has 0 saturated heterocycles. The van der Waals surface area contributed by atoms with Gasteiger partial charge in [-0.1, -0.05) is 29.8 Å². The van der Waals surface area contributed by atoms with E-state index in [-0.39, 0.29) is 11.8 Å². The Balaban J connectivity index is 1.79. The normalized spacial score (nSPS) is 23.1. The standard InChI is InChI=1S/C16H24N2O/c1-12-3-2-4-14(9-12)11-18-16(19)15-7-5-13(10-17)6-8-15/h2-4,9,13,15H,5-8,10-11,17H2,1H3,(H,18,19). The van der Waals surface area contributed by atoms with Gasteiger partial charge in [-0.2, -0.15) is 0 Å². The van der Waals surface area contributed by atoms with Crippen LogP contribution in [0, 0.1) is 18.8 Å². The summed E-state index contributed by atoms with van der Waals surface area (Å²) in [6.45, 7) is 3.47. The highest BCUT2D eigenvalue weighted by atomic mass is 16.1. The zero-order valence-electron chi connectivity index (χ0n) is 11.7. The molecule has 0 aliphatic heterocycles. The molecule has 0 heterocycles. The summed E-state index contributed by atoms with van der Waals surface area (Å²) in [7, 11) is 0. The summed E-state index contributed by atoms with van der Waals surface area (Å²) in [4.78, 5) is 12.1. The maximum Gasteiger partial charge on any atom is 0.223 e. The van der Waals surface area contributed by atoms with Gasteiger partial charge in [0.25, 0.3) is 0 Å². The molecule has 0 aromatic heterocycles. The molecule has 3 heteroatoms. The fraction of sp³-hybridized carbons (Fsp3) is 0.562. The first-order chi connectivity index (χ1) is 9.19. The number of hydrogen-bond acceptors (Lipinski definition) is 2. The lowest BCUT2D eigenvalue weighted by Gasteiger charge is -2.26. The van der Waals surface area contributed by atoms with Gasteiger partial charge >= 0.3 is 0 Å². The monoisotopic (exact) mass is 260 g/mol. The minimum Gasteiger partial charge on any atom is -0.352 e. The van der Waals surface area contributed by atoms with Crippen LogP contribution in [0.25, 0.3) is 0 Å². The number of carbonyl (C=O) groups excluding carboxylic acids is 1. The molecular formula is C16H24N2O. The third-order valence-corrected chi connectivity index (χ3v) is 4.10. The average molecular weight is 260 g/mol. The van der Waals surface area contributed by atoms with Gasteiger partial charge in [0.15, 0.2) is 0 Å². The number of aryl methyl sites for hydroxylation is 1. The fourth-order valence-corrected chi connectivity index (χ4v) is 2.82. The van der Waals surface area contributed by atoms with Crippen LogP contribution in [0.3, 0.4) is 0 Å². The van der Waals surface area contributed by atoms with Crippen LogP contribution in [-0.4, -0.2) is 12.5 Å². The van der Waals surface area contributed by atoms with Gasteiger partial charge < -0.3 is 11.1 Å². The highest BCUT2D eigenvalue weighted by Gasteiger charge is 2.25. The number of nitrogens with two attached hydrogens (primary N) is 1. The van der Waals surface area contributed by atoms with Crippen molar-refractivity contribution < 1.29 is 4.79 Å². The Labute approximate surface area is 115 Å². The summed E-state index contributed by atoms with van der Waals surface area (Å²) in [5.41, 5.74) is 8.08. The van der Waals surface area contributed by atoms with Crippen molar-refractivity contribution in [2.24, 2.45) is 17.6 Å². The van der Waals surface area contributed by atoms with E-state index in [0.29, 0.717) is 12.5 Å². The summed E-state index contributed by atoms with van der Waals surface area (Å²) in [5.74, 6) is 1.02. The van der Waals surface area contributed by atoms with Crippen LogP contribution in [0.1, 0.15) is 36.8 Å². The second kappa shape index (κ2) is 6.71. The summed E-state index contributed by atoms with van der Waals surface area (Å²) in [6, 6.07) is 8.27. The third-order valence-electron chi connectivity index (χ3n) is 4.10. The van der Waals surface area contributed by atoms with Crippen molar-refractivity contribution in [2.45, 2.75) is 39.2 Å². The third kappa shape index (κ3) is 4.06. The van der Waals surface area contributed by atoms with Crippen LogP contribution in [0.2, 0.25) is 0 Å². The van der Waals surface area contributed by atoms with Crippen LogP contribution in [0.15, 0.2) is 24.3 Å². The van der Waals surface area contributed by atoms with Crippen molar-refractivity contribution in [2.75, 3.05) is 6.54 Å². The first-order valence-corrected chi connectivity index (χ1v) is 7.22. The van der Waals surface area contributed by atoms with Gasteiger partial charge in [-0.05, 0) is 50.6 Å². The van der Waals surface area contributed by atoms with E-state index in [1.54, 1.807) is 0 Å². The Bertz CT molecular complexity index is 423. The summed E-state index contributed by atoms with van der Waals surface area (Å²) < 4.78 is 0.